The number of anilines is 1. The zero-order chi connectivity index (χ0) is 16.6. The van der Waals surface area contributed by atoms with E-state index in [1.807, 2.05) is 12.1 Å². The molecule has 2 N–H and O–H groups in total. The van der Waals surface area contributed by atoms with Crippen LogP contribution in [0.3, 0.4) is 0 Å². The first-order chi connectivity index (χ1) is 10.5. The van der Waals surface area contributed by atoms with Crippen molar-refractivity contribution in [3.8, 4) is 12.8 Å². The van der Waals surface area contributed by atoms with Crippen LogP contribution in [-0.4, -0.2) is 22.7 Å². The molecule has 0 aliphatic carbocycles. The van der Waals surface area contributed by atoms with Gasteiger partial charge in [0.2, 0.25) is 0 Å². The van der Waals surface area contributed by atoms with Crippen molar-refractivity contribution in [3.63, 3.8) is 0 Å². The summed E-state index contributed by atoms with van der Waals surface area (Å²) in [5.41, 5.74) is 0.759. The molecule has 0 radical (unpaired) electrons. The fourth-order valence-corrected chi connectivity index (χ4v) is 1.77. The molecule has 3 nitrogen and oxygen atoms in total. The average Bonchev–Trinajstić information content (AvgIpc) is 2.95. The lowest BCUT2D eigenvalue weighted by molar-refractivity contribution is -0.0883. The number of aromatic nitrogens is 2. The van der Waals surface area contributed by atoms with Gasteiger partial charge in [-0.25, -0.2) is 4.98 Å². The van der Waals surface area contributed by atoms with Gasteiger partial charge in [0, 0.05) is 18.1 Å². The number of nitrogens with zero attached hydrogens (tertiary/aromatic N) is 1. The molecule has 2 heterocycles. The van der Waals surface area contributed by atoms with Crippen LogP contribution in [0.4, 0.5) is 18.9 Å². The fraction of sp³-hybridized carbons (Fsp3) is 0.188. The Morgan fingerprint density at radius 1 is 1.41 bits per heavy atom. The topological polar surface area (TPSA) is 40.7 Å². The number of H-pyrrole nitrogens is 1. The van der Waals surface area contributed by atoms with Gasteiger partial charge < -0.3 is 10.3 Å². The molecule has 116 valence electrons. The van der Waals surface area contributed by atoms with E-state index in [0.29, 0.717) is 5.69 Å². The number of terminal acetylenes is 1. The number of hydrogen-bond donors (Lipinski definition) is 2. The molecule has 0 fully saturated rings. The van der Waals surface area contributed by atoms with Crippen molar-refractivity contribution in [2.24, 2.45) is 0 Å². The molecule has 6 heteroatoms. The van der Waals surface area contributed by atoms with Gasteiger partial charge in [-0.2, -0.15) is 13.2 Å². The molecule has 0 aliphatic heterocycles. The Hall–Kier alpha value is -2.68. The molecule has 0 saturated carbocycles. The Balaban J connectivity index is 0.00000116. The van der Waals surface area contributed by atoms with Gasteiger partial charge >= 0.3 is 6.18 Å². The average molecular weight is 307 g/mol. The van der Waals surface area contributed by atoms with Gasteiger partial charge in [0.15, 0.2) is 0 Å². The smallest absolute Gasteiger partial charge is 0.380 e. The van der Waals surface area contributed by atoms with Gasteiger partial charge in [-0.1, -0.05) is 18.2 Å². The highest BCUT2D eigenvalue weighted by Gasteiger charge is 2.31. The van der Waals surface area contributed by atoms with Gasteiger partial charge in [-0.15, -0.1) is 12.8 Å². The SMILES string of the molecule is C#C.C/C=C\C(=C/CNc1cnc2[nH]ccc2c1)C(F)(F)F. The van der Waals surface area contributed by atoms with Crippen molar-refractivity contribution < 1.29 is 13.2 Å². The molecule has 2 aromatic heterocycles. The summed E-state index contributed by atoms with van der Waals surface area (Å²) >= 11 is 0. The number of nitrogens with one attached hydrogen (secondary N) is 2. The highest BCUT2D eigenvalue weighted by molar-refractivity contribution is 5.78. The molecule has 0 bridgehead atoms. The monoisotopic (exact) mass is 307 g/mol. The Morgan fingerprint density at radius 3 is 2.77 bits per heavy atom. The second-order valence-corrected chi connectivity index (χ2v) is 4.18. The van der Waals surface area contributed by atoms with Crippen molar-refractivity contribution in [1.29, 1.82) is 0 Å². The van der Waals surface area contributed by atoms with Crippen LogP contribution < -0.4 is 5.32 Å². The number of allylic oxidation sites excluding steroid dienone is 3. The lowest BCUT2D eigenvalue weighted by atomic mass is 10.2. The summed E-state index contributed by atoms with van der Waals surface area (Å²) in [4.78, 5) is 7.10. The lowest BCUT2D eigenvalue weighted by Gasteiger charge is -2.08. The van der Waals surface area contributed by atoms with E-state index in [1.165, 1.54) is 6.08 Å². The summed E-state index contributed by atoms with van der Waals surface area (Å²) in [5.74, 6) is 0. The van der Waals surface area contributed by atoms with Gasteiger partial charge in [-0.3, -0.25) is 0 Å². The van der Waals surface area contributed by atoms with E-state index in [4.69, 9.17) is 0 Å². The van der Waals surface area contributed by atoms with Crippen LogP contribution in [-0.2, 0) is 0 Å². The van der Waals surface area contributed by atoms with Crippen molar-refractivity contribution in [2.45, 2.75) is 13.1 Å². The van der Waals surface area contributed by atoms with E-state index in [-0.39, 0.29) is 6.54 Å². The molecule has 0 spiro atoms. The third-order valence-corrected chi connectivity index (χ3v) is 2.70. The Bertz CT molecular complexity index is 678. The third kappa shape index (κ3) is 4.70. The minimum Gasteiger partial charge on any atom is -0.380 e. The Kier molecular flexibility index (Phi) is 6.26. The molecule has 0 atom stereocenters. The van der Waals surface area contributed by atoms with E-state index in [2.05, 4.69) is 28.1 Å². The van der Waals surface area contributed by atoms with Gasteiger partial charge in [0.05, 0.1) is 17.5 Å². The first-order valence-corrected chi connectivity index (χ1v) is 6.41. The van der Waals surface area contributed by atoms with E-state index in [9.17, 15) is 13.2 Å². The van der Waals surface area contributed by atoms with Crippen LogP contribution in [0.1, 0.15) is 6.92 Å². The van der Waals surface area contributed by atoms with Crippen LogP contribution in [0.25, 0.3) is 11.0 Å². The Morgan fingerprint density at radius 2 is 2.14 bits per heavy atom. The number of hydrogen-bond acceptors (Lipinski definition) is 2. The number of pyridine rings is 1. The highest BCUT2D eigenvalue weighted by Crippen LogP contribution is 2.26. The maximum Gasteiger partial charge on any atom is 0.416 e. The standard InChI is InChI=1S/C14H14F3N3.C2H2/c1-2-3-11(14(15,16)17)5-7-18-12-8-10-4-6-19-13(10)20-9-12;1-2/h2-6,8-9,18H,7H2,1H3,(H,19,20);1-2H/b3-2-,11-5+;. The first-order valence-electron chi connectivity index (χ1n) is 6.41. The predicted molar refractivity (Wildman–Crippen MR) is 83.4 cm³/mol. The molecular weight excluding hydrogens is 291 g/mol. The minimum absolute atomic E-state index is 0.0802. The number of alkyl halides is 3. The third-order valence-electron chi connectivity index (χ3n) is 2.70. The predicted octanol–water partition coefficient (Wildman–Crippen LogP) is 4.29. The van der Waals surface area contributed by atoms with Crippen molar-refractivity contribution in [1.82, 2.24) is 9.97 Å². The Labute approximate surface area is 126 Å². The number of rotatable bonds is 4. The maximum atomic E-state index is 12.6. The second kappa shape index (κ2) is 7.93. The summed E-state index contributed by atoms with van der Waals surface area (Å²) in [6.07, 6.45) is 10.5. The largest absolute Gasteiger partial charge is 0.416 e. The maximum absolute atomic E-state index is 12.6. The molecule has 0 saturated heterocycles. The molecule has 0 amide bonds. The van der Waals surface area contributed by atoms with Gasteiger partial charge in [0.25, 0.3) is 0 Å². The second-order valence-electron chi connectivity index (χ2n) is 4.18. The molecule has 0 aromatic carbocycles. The van der Waals surface area contributed by atoms with Crippen LogP contribution in [0, 0.1) is 12.8 Å². The summed E-state index contributed by atoms with van der Waals surface area (Å²) in [5, 5.41) is 3.81. The highest BCUT2D eigenvalue weighted by atomic mass is 19.4. The van der Waals surface area contributed by atoms with Crippen LogP contribution >= 0.6 is 0 Å². The molecule has 0 unspecified atom stereocenters. The normalized spacial score (nSPS) is 12.2. The molecule has 0 aliphatic rings. The molecular formula is C16H16F3N3. The minimum atomic E-state index is -4.34. The molecule has 2 rings (SSSR count). The van der Waals surface area contributed by atoms with Gasteiger partial charge in [-0.05, 0) is 19.1 Å². The molecule has 22 heavy (non-hydrogen) atoms. The van der Waals surface area contributed by atoms with Crippen LogP contribution in [0.2, 0.25) is 0 Å². The van der Waals surface area contributed by atoms with Crippen LogP contribution in [0.15, 0.2) is 48.3 Å². The summed E-state index contributed by atoms with van der Waals surface area (Å²) in [6, 6.07) is 3.68. The van der Waals surface area contributed by atoms with E-state index < -0.39 is 11.7 Å². The number of halogens is 3. The van der Waals surface area contributed by atoms with E-state index in [0.717, 1.165) is 23.2 Å². The lowest BCUT2D eigenvalue weighted by Crippen LogP contribution is -2.12. The quantitative estimate of drug-likeness (QED) is 0.653. The van der Waals surface area contributed by atoms with Crippen molar-refractivity contribution >= 4 is 16.7 Å². The summed E-state index contributed by atoms with van der Waals surface area (Å²) < 4.78 is 37.9. The summed E-state index contributed by atoms with van der Waals surface area (Å²) in [6.45, 7) is 1.63. The number of fused-ring (bicyclic) bond motifs is 1. The number of aromatic amines is 1. The van der Waals surface area contributed by atoms with E-state index >= 15 is 0 Å². The van der Waals surface area contributed by atoms with Crippen LogP contribution in [0.5, 0.6) is 0 Å². The van der Waals surface area contributed by atoms with E-state index in [1.54, 1.807) is 19.3 Å². The summed E-state index contributed by atoms with van der Waals surface area (Å²) in [7, 11) is 0. The first kappa shape index (κ1) is 17.4. The van der Waals surface area contributed by atoms with Gasteiger partial charge in [0.1, 0.15) is 5.65 Å². The van der Waals surface area contributed by atoms with Crippen molar-refractivity contribution in [3.05, 3.63) is 48.3 Å². The fourth-order valence-electron chi connectivity index (χ4n) is 1.77. The zero-order valence-corrected chi connectivity index (χ0v) is 12.0. The zero-order valence-electron chi connectivity index (χ0n) is 12.0. The van der Waals surface area contributed by atoms with Crippen molar-refractivity contribution in [2.75, 3.05) is 11.9 Å². The molecule has 2 aromatic rings.